The van der Waals surface area contributed by atoms with Crippen LogP contribution in [0, 0.1) is 12.7 Å². The topological polar surface area (TPSA) is 72.2 Å². The zero-order chi connectivity index (χ0) is 14.6. The number of aromatic nitrogens is 1. The summed E-state index contributed by atoms with van der Waals surface area (Å²) in [4.78, 5) is 0. The Balaban J connectivity index is 1.86. The maximum absolute atomic E-state index is 12.7. The first-order valence-electron chi connectivity index (χ1n) is 6.08. The Kier molecular flexibility index (Phi) is 4.51. The summed E-state index contributed by atoms with van der Waals surface area (Å²) in [5, 5.41) is 3.78. The molecule has 0 saturated carbocycles. The molecule has 0 aliphatic rings. The summed E-state index contributed by atoms with van der Waals surface area (Å²) in [6.45, 7) is 2.02. The normalized spacial score (nSPS) is 11.7. The number of nitrogens with one attached hydrogen (secondary N) is 1. The van der Waals surface area contributed by atoms with E-state index in [0.29, 0.717) is 23.4 Å². The smallest absolute Gasteiger partial charge is 0.215 e. The summed E-state index contributed by atoms with van der Waals surface area (Å²) in [6.07, 6.45) is 0.458. The molecule has 0 unspecified atom stereocenters. The van der Waals surface area contributed by atoms with Crippen LogP contribution in [0.15, 0.2) is 34.9 Å². The van der Waals surface area contributed by atoms with Crippen LogP contribution in [0.4, 0.5) is 4.39 Å². The number of sulfonamides is 1. The van der Waals surface area contributed by atoms with Crippen LogP contribution in [-0.2, 0) is 22.2 Å². The second-order valence-electron chi connectivity index (χ2n) is 4.46. The first-order chi connectivity index (χ1) is 9.44. The van der Waals surface area contributed by atoms with Crippen LogP contribution in [0.3, 0.4) is 0 Å². The van der Waals surface area contributed by atoms with Crippen LogP contribution in [0.2, 0.25) is 0 Å². The summed E-state index contributed by atoms with van der Waals surface area (Å²) in [6, 6.07) is 7.14. The Bertz CT molecular complexity index is 665. The molecule has 0 spiro atoms. The second-order valence-corrected chi connectivity index (χ2v) is 6.27. The van der Waals surface area contributed by atoms with Gasteiger partial charge in [-0.05, 0) is 24.6 Å². The molecule has 2 rings (SSSR count). The van der Waals surface area contributed by atoms with Crippen molar-refractivity contribution in [3.63, 3.8) is 0 Å². The fraction of sp³-hybridized carbons (Fsp3) is 0.308. The lowest BCUT2D eigenvalue weighted by molar-refractivity contribution is 0.390. The van der Waals surface area contributed by atoms with E-state index in [2.05, 4.69) is 9.88 Å². The number of halogens is 1. The quantitative estimate of drug-likeness (QED) is 0.882. The monoisotopic (exact) mass is 298 g/mol. The lowest BCUT2D eigenvalue weighted by Crippen LogP contribution is -2.27. The van der Waals surface area contributed by atoms with Crippen molar-refractivity contribution in [3.05, 3.63) is 53.2 Å². The third-order valence-electron chi connectivity index (χ3n) is 2.65. The second kappa shape index (κ2) is 6.15. The SMILES string of the molecule is Cc1cc(CCNS(=O)(=O)Cc2ccc(F)cc2)no1. The Morgan fingerprint density at radius 3 is 2.60 bits per heavy atom. The number of hydrogen-bond acceptors (Lipinski definition) is 4. The summed E-state index contributed by atoms with van der Waals surface area (Å²) in [5.41, 5.74) is 1.24. The van der Waals surface area contributed by atoms with Gasteiger partial charge in [0.15, 0.2) is 0 Å². The summed E-state index contributed by atoms with van der Waals surface area (Å²) in [5.74, 6) is 0.125. The van der Waals surface area contributed by atoms with Crippen molar-refractivity contribution < 1.29 is 17.3 Å². The van der Waals surface area contributed by atoms with E-state index < -0.39 is 10.0 Å². The van der Waals surface area contributed by atoms with Gasteiger partial charge in [-0.25, -0.2) is 17.5 Å². The van der Waals surface area contributed by atoms with Gasteiger partial charge in [-0.1, -0.05) is 17.3 Å². The van der Waals surface area contributed by atoms with Crippen LogP contribution < -0.4 is 4.72 Å². The lowest BCUT2D eigenvalue weighted by atomic mass is 10.2. The molecule has 2 aromatic rings. The molecule has 0 aliphatic carbocycles. The minimum absolute atomic E-state index is 0.175. The molecule has 20 heavy (non-hydrogen) atoms. The number of hydrogen-bond donors (Lipinski definition) is 1. The average molecular weight is 298 g/mol. The highest BCUT2D eigenvalue weighted by Crippen LogP contribution is 2.07. The van der Waals surface area contributed by atoms with E-state index in [4.69, 9.17) is 4.52 Å². The van der Waals surface area contributed by atoms with Crippen molar-refractivity contribution in [3.8, 4) is 0 Å². The molecule has 5 nitrogen and oxygen atoms in total. The molecule has 1 aromatic heterocycles. The van der Waals surface area contributed by atoms with Crippen molar-refractivity contribution in [2.45, 2.75) is 19.1 Å². The molecule has 1 N–H and O–H groups in total. The van der Waals surface area contributed by atoms with E-state index in [0.717, 1.165) is 0 Å². The molecule has 0 amide bonds. The predicted molar refractivity (Wildman–Crippen MR) is 72.0 cm³/mol. The fourth-order valence-electron chi connectivity index (χ4n) is 1.72. The zero-order valence-electron chi connectivity index (χ0n) is 11.0. The van der Waals surface area contributed by atoms with Crippen LogP contribution in [0.1, 0.15) is 17.0 Å². The first kappa shape index (κ1) is 14.7. The number of rotatable bonds is 6. The van der Waals surface area contributed by atoms with Crippen molar-refractivity contribution in [1.29, 1.82) is 0 Å². The molecular formula is C13H15FN2O3S. The predicted octanol–water partition coefficient (Wildman–Crippen LogP) is 1.78. The standard InChI is InChI=1S/C13H15FN2O3S/c1-10-8-13(16-19-10)6-7-15-20(17,18)9-11-2-4-12(14)5-3-11/h2-5,8,15H,6-7,9H2,1H3. The van der Waals surface area contributed by atoms with E-state index in [1.165, 1.54) is 24.3 Å². The Hall–Kier alpha value is -1.73. The first-order valence-corrected chi connectivity index (χ1v) is 7.74. The highest BCUT2D eigenvalue weighted by Gasteiger charge is 2.11. The Morgan fingerprint density at radius 1 is 1.30 bits per heavy atom. The molecule has 7 heteroatoms. The molecule has 0 fully saturated rings. The molecule has 1 heterocycles. The van der Waals surface area contributed by atoms with E-state index in [9.17, 15) is 12.8 Å². The van der Waals surface area contributed by atoms with Gasteiger partial charge < -0.3 is 4.52 Å². The van der Waals surface area contributed by atoms with E-state index in [1.54, 1.807) is 13.0 Å². The van der Waals surface area contributed by atoms with Crippen molar-refractivity contribution in [1.82, 2.24) is 9.88 Å². The lowest BCUT2D eigenvalue weighted by Gasteiger charge is -2.05. The van der Waals surface area contributed by atoms with Crippen molar-refractivity contribution in [2.24, 2.45) is 0 Å². The van der Waals surface area contributed by atoms with Gasteiger partial charge in [-0.3, -0.25) is 0 Å². The minimum Gasteiger partial charge on any atom is -0.361 e. The van der Waals surface area contributed by atoms with Gasteiger partial charge in [0.25, 0.3) is 0 Å². The van der Waals surface area contributed by atoms with Gasteiger partial charge in [0.2, 0.25) is 10.0 Å². The molecule has 0 saturated heterocycles. The van der Waals surface area contributed by atoms with Gasteiger partial charge in [-0.15, -0.1) is 0 Å². The van der Waals surface area contributed by atoms with Crippen molar-refractivity contribution >= 4 is 10.0 Å². The van der Waals surface area contributed by atoms with Crippen LogP contribution in [-0.4, -0.2) is 20.1 Å². The highest BCUT2D eigenvalue weighted by atomic mass is 32.2. The van der Waals surface area contributed by atoms with Gasteiger partial charge in [-0.2, -0.15) is 0 Å². The van der Waals surface area contributed by atoms with E-state index in [1.807, 2.05) is 0 Å². The summed E-state index contributed by atoms with van der Waals surface area (Å²) < 4.78 is 43.8. The highest BCUT2D eigenvalue weighted by molar-refractivity contribution is 7.88. The molecule has 0 aliphatic heterocycles. The third-order valence-corrected chi connectivity index (χ3v) is 4.01. The third kappa shape index (κ3) is 4.43. The largest absolute Gasteiger partial charge is 0.361 e. The van der Waals surface area contributed by atoms with Gasteiger partial charge in [0.1, 0.15) is 11.6 Å². The fourth-order valence-corrected chi connectivity index (χ4v) is 2.87. The Labute approximate surface area is 116 Å². The average Bonchev–Trinajstić information content (AvgIpc) is 2.77. The molecule has 108 valence electrons. The van der Waals surface area contributed by atoms with Crippen molar-refractivity contribution in [2.75, 3.05) is 6.54 Å². The number of benzene rings is 1. The van der Waals surface area contributed by atoms with E-state index >= 15 is 0 Å². The number of aryl methyl sites for hydroxylation is 1. The molecule has 0 radical (unpaired) electrons. The number of nitrogens with zero attached hydrogens (tertiary/aromatic N) is 1. The van der Waals surface area contributed by atoms with Crippen LogP contribution >= 0.6 is 0 Å². The maximum atomic E-state index is 12.7. The minimum atomic E-state index is -3.44. The van der Waals surface area contributed by atoms with Gasteiger partial charge in [0.05, 0.1) is 11.4 Å². The maximum Gasteiger partial charge on any atom is 0.215 e. The molecule has 0 atom stereocenters. The Morgan fingerprint density at radius 2 is 2.00 bits per heavy atom. The summed E-state index contributed by atoms with van der Waals surface area (Å²) in [7, 11) is -3.44. The molecular weight excluding hydrogens is 283 g/mol. The van der Waals surface area contributed by atoms with Crippen LogP contribution in [0.25, 0.3) is 0 Å². The van der Waals surface area contributed by atoms with Gasteiger partial charge in [0, 0.05) is 19.0 Å². The van der Waals surface area contributed by atoms with Gasteiger partial charge >= 0.3 is 0 Å². The summed E-state index contributed by atoms with van der Waals surface area (Å²) >= 11 is 0. The molecule has 0 bridgehead atoms. The van der Waals surface area contributed by atoms with Crippen LogP contribution in [0.5, 0.6) is 0 Å². The molecule has 1 aromatic carbocycles. The van der Waals surface area contributed by atoms with E-state index in [-0.39, 0.29) is 18.1 Å². The zero-order valence-corrected chi connectivity index (χ0v) is 11.8.